The van der Waals surface area contributed by atoms with Crippen LogP contribution in [0.5, 0.6) is 0 Å². The Labute approximate surface area is 195 Å². The highest BCUT2D eigenvalue weighted by Crippen LogP contribution is 2.44. The molecule has 1 aliphatic carbocycles. The summed E-state index contributed by atoms with van der Waals surface area (Å²) >= 11 is 6.40. The van der Waals surface area contributed by atoms with E-state index in [1.807, 2.05) is 12.3 Å². The van der Waals surface area contributed by atoms with Crippen molar-refractivity contribution >= 4 is 66.8 Å². The van der Waals surface area contributed by atoms with Crippen LogP contribution >= 0.6 is 39.0 Å². The van der Waals surface area contributed by atoms with Gasteiger partial charge in [0.05, 0.1) is 10.9 Å². The summed E-state index contributed by atoms with van der Waals surface area (Å²) < 4.78 is 16.1. The van der Waals surface area contributed by atoms with E-state index in [1.54, 1.807) is 23.5 Å². The fourth-order valence-electron chi connectivity index (χ4n) is 4.94. The lowest BCUT2D eigenvalue weighted by Crippen LogP contribution is -2.46. The molecule has 0 spiro atoms. The molecule has 3 unspecified atom stereocenters. The van der Waals surface area contributed by atoms with Gasteiger partial charge in [-0.3, -0.25) is 0 Å². The van der Waals surface area contributed by atoms with Gasteiger partial charge in [-0.15, -0.1) is 11.3 Å². The third kappa shape index (κ3) is 3.26. The number of halogens is 2. The second-order valence-corrected chi connectivity index (χ2v) is 11.2. The molecule has 6 rings (SSSR count). The summed E-state index contributed by atoms with van der Waals surface area (Å²) in [5, 5.41) is 4.32. The number of aryl methyl sites for hydroxylation is 1. The average molecular weight is 519 g/mol. The fraction of sp³-hybridized carbons (Fsp3) is 0.381. The van der Waals surface area contributed by atoms with Gasteiger partial charge in [-0.25, -0.2) is 19.3 Å². The number of hydrogen-bond donors (Lipinski definition) is 2. The first-order valence-corrected chi connectivity index (χ1v) is 12.8. The van der Waals surface area contributed by atoms with E-state index >= 15 is 0 Å². The zero-order valence-electron chi connectivity index (χ0n) is 16.7. The number of nitrogens with one attached hydrogen (secondary N) is 1. The van der Waals surface area contributed by atoms with Gasteiger partial charge in [0, 0.05) is 29.9 Å². The van der Waals surface area contributed by atoms with Gasteiger partial charge in [-0.2, -0.15) is 0 Å². The van der Waals surface area contributed by atoms with Crippen molar-refractivity contribution in [3.05, 3.63) is 33.5 Å². The van der Waals surface area contributed by atoms with Gasteiger partial charge in [-0.1, -0.05) is 6.92 Å². The number of aromatic nitrogens is 4. The molecule has 10 heteroatoms. The van der Waals surface area contributed by atoms with Gasteiger partial charge in [-0.05, 0) is 70.1 Å². The Hall–Kier alpha value is -1.75. The highest BCUT2D eigenvalue weighted by atomic mass is 79.9. The average Bonchev–Trinajstić information content (AvgIpc) is 3.41. The lowest BCUT2D eigenvalue weighted by molar-refractivity contribution is 0.194. The van der Waals surface area contributed by atoms with Gasteiger partial charge in [0.25, 0.3) is 0 Å². The Morgan fingerprint density at radius 2 is 2.19 bits per heavy atom. The lowest BCUT2D eigenvalue weighted by Gasteiger charge is -2.36. The number of anilines is 1. The third-order valence-corrected chi connectivity index (χ3v) is 9.01. The molecule has 1 saturated carbocycles. The second kappa shape index (κ2) is 7.40. The van der Waals surface area contributed by atoms with E-state index < -0.39 is 0 Å². The highest BCUT2D eigenvalue weighted by Gasteiger charge is 2.46. The predicted molar refractivity (Wildman–Crippen MR) is 126 cm³/mol. The zero-order valence-corrected chi connectivity index (χ0v) is 20.0. The van der Waals surface area contributed by atoms with Crippen molar-refractivity contribution in [2.45, 2.75) is 35.3 Å². The maximum absolute atomic E-state index is 14.5. The Bertz CT molecular complexity index is 1320. The van der Waals surface area contributed by atoms with Crippen LogP contribution in [-0.4, -0.2) is 39.1 Å². The molecule has 1 aromatic carbocycles. The normalized spacial score (nSPS) is 23.0. The molecule has 3 aromatic heterocycles. The van der Waals surface area contributed by atoms with Crippen molar-refractivity contribution < 1.29 is 4.39 Å². The molecule has 6 nitrogen and oxygen atoms in total. The molecule has 0 bridgehead atoms. The van der Waals surface area contributed by atoms with Crippen LogP contribution in [0, 0.1) is 17.7 Å². The topological polar surface area (TPSA) is 83.7 Å². The van der Waals surface area contributed by atoms with Crippen LogP contribution in [0.15, 0.2) is 31.6 Å². The smallest absolute Gasteiger partial charge is 0.198 e. The molecule has 31 heavy (non-hydrogen) atoms. The van der Waals surface area contributed by atoms with Crippen LogP contribution < -0.4 is 10.6 Å². The fourth-order valence-corrected chi connectivity index (χ4v) is 7.17. The van der Waals surface area contributed by atoms with Gasteiger partial charge in [0.1, 0.15) is 21.9 Å². The van der Waals surface area contributed by atoms with Crippen LogP contribution in [0.1, 0.15) is 18.9 Å². The molecule has 0 radical (unpaired) electrons. The van der Waals surface area contributed by atoms with E-state index in [0.717, 1.165) is 68.2 Å². The van der Waals surface area contributed by atoms with Gasteiger partial charge < -0.3 is 15.6 Å². The minimum absolute atomic E-state index is 0.231. The first-order valence-electron chi connectivity index (χ1n) is 10.3. The van der Waals surface area contributed by atoms with E-state index in [9.17, 15) is 4.39 Å². The van der Waals surface area contributed by atoms with E-state index in [0.29, 0.717) is 17.0 Å². The van der Waals surface area contributed by atoms with Crippen LogP contribution in [0.4, 0.5) is 10.2 Å². The van der Waals surface area contributed by atoms with E-state index in [4.69, 9.17) is 15.7 Å². The number of rotatable bonds is 4. The summed E-state index contributed by atoms with van der Waals surface area (Å²) in [7, 11) is 0. The molecule has 2 aliphatic rings. The highest BCUT2D eigenvalue weighted by molar-refractivity contribution is 9.10. The van der Waals surface area contributed by atoms with Gasteiger partial charge in [0.2, 0.25) is 0 Å². The quantitative estimate of drug-likeness (QED) is 0.371. The monoisotopic (exact) mass is 518 g/mol. The van der Waals surface area contributed by atoms with E-state index in [1.165, 1.54) is 11.8 Å². The van der Waals surface area contributed by atoms with E-state index in [-0.39, 0.29) is 11.9 Å². The Morgan fingerprint density at radius 3 is 2.90 bits per heavy atom. The van der Waals surface area contributed by atoms with Crippen molar-refractivity contribution in [2.24, 2.45) is 17.6 Å². The summed E-state index contributed by atoms with van der Waals surface area (Å²) in [6, 6.07) is 3.46. The van der Waals surface area contributed by atoms with Crippen LogP contribution in [-0.2, 0) is 6.42 Å². The van der Waals surface area contributed by atoms with Crippen molar-refractivity contribution in [1.29, 1.82) is 0 Å². The van der Waals surface area contributed by atoms with Crippen LogP contribution in [0.2, 0.25) is 0 Å². The first-order chi connectivity index (χ1) is 15.0. The van der Waals surface area contributed by atoms with Crippen molar-refractivity contribution in [2.75, 3.05) is 18.0 Å². The van der Waals surface area contributed by atoms with Gasteiger partial charge in [0.15, 0.2) is 9.50 Å². The maximum atomic E-state index is 14.5. The standard InChI is InChI=1S/C21H20BrFN6S2/c1-2-9-3-11(23)5-12-16-18(26-17(9)12)27-20(31-21-25-15(22)8-30-21)28-19(16)29-6-10-4-14(24)13(10)7-29/h3,5,8,10,13-14H,2,4,6-7,24H2,1H3,(H,26,27,28). The molecule has 4 heterocycles. The second-order valence-electron chi connectivity index (χ2n) is 8.29. The number of nitrogens with two attached hydrogens (primary N) is 1. The first kappa shape index (κ1) is 19.9. The van der Waals surface area contributed by atoms with Crippen LogP contribution in [0.3, 0.4) is 0 Å². The molecule has 2 fully saturated rings. The Kier molecular flexibility index (Phi) is 4.75. The number of fused-ring (bicyclic) bond motifs is 4. The van der Waals surface area contributed by atoms with Crippen molar-refractivity contribution in [1.82, 2.24) is 19.9 Å². The molecule has 3 N–H and O–H groups in total. The molecular formula is C21H20BrFN6S2. The summed E-state index contributed by atoms with van der Waals surface area (Å²) in [6.07, 6.45) is 1.80. The summed E-state index contributed by atoms with van der Waals surface area (Å²) in [4.78, 5) is 20.0. The number of thiazole rings is 1. The van der Waals surface area contributed by atoms with Gasteiger partial charge >= 0.3 is 0 Å². The summed E-state index contributed by atoms with van der Waals surface area (Å²) in [5.74, 6) is 1.75. The maximum Gasteiger partial charge on any atom is 0.198 e. The molecule has 1 saturated heterocycles. The molecule has 3 atom stereocenters. The van der Waals surface area contributed by atoms with E-state index in [2.05, 4.69) is 30.8 Å². The number of nitrogens with zero attached hydrogens (tertiary/aromatic N) is 4. The largest absolute Gasteiger partial charge is 0.355 e. The van der Waals surface area contributed by atoms with Crippen molar-refractivity contribution in [3.8, 4) is 0 Å². The predicted octanol–water partition coefficient (Wildman–Crippen LogP) is 4.97. The minimum Gasteiger partial charge on any atom is -0.355 e. The number of aromatic amines is 1. The third-order valence-electron chi connectivity index (χ3n) is 6.50. The number of hydrogen-bond acceptors (Lipinski definition) is 7. The summed E-state index contributed by atoms with van der Waals surface area (Å²) in [5.41, 5.74) is 8.87. The molecule has 4 aromatic rings. The summed E-state index contributed by atoms with van der Waals surface area (Å²) in [6.45, 7) is 3.85. The molecule has 0 amide bonds. The lowest BCUT2D eigenvalue weighted by atomic mass is 9.72. The zero-order chi connectivity index (χ0) is 21.3. The Morgan fingerprint density at radius 1 is 1.32 bits per heavy atom. The number of benzene rings is 1. The number of H-pyrrole nitrogens is 1. The SMILES string of the molecule is CCc1cc(F)cc2c1[nH]c1nc(Sc3nc(Br)cs3)nc(N3CC4CC(N)C4C3)c12. The van der Waals surface area contributed by atoms with Crippen LogP contribution in [0.25, 0.3) is 21.9 Å². The van der Waals surface area contributed by atoms with Crippen molar-refractivity contribution in [3.63, 3.8) is 0 Å². The minimum atomic E-state index is -0.231. The molecule has 1 aliphatic heterocycles. The Balaban J connectivity index is 1.54. The molecule has 160 valence electrons. The molecular weight excluding hydrogens is 499 g/mol.